The average molecular weight is 157 g/mol. The summed E-state index contributed by atoms with van der Waals surface area (Å²) < 4.78 is 0. The van der Waals surface area contributed by atoms with Crippen LogP contribution in [0.2, 0.25) is 0 Å². The normalized spacial score (nSPS) is 30.5. The van der Waals surface area contributed by atoms with Gasteiger partial charge in [0.25, 0.3) is 0 Å². The maximum atomic E-state index is 5.75. The molecule has 0 heterocycles. The molecule has 0 radical (unpaired) electrons. The number of rotatable bonds is 1. The highest BCUT2D eigenvalue weighted by atomic mass is 14.6. The van der Waals surface area contributed by atoms with Crippen LogP contribution in [-0.4, -0.2) is 6.04 Å². The van der Waals surface area contributed by atoms with E-state index in [1.54, 1.807) is 0 Å². The monoisotopic (exact) mass is 157 g/mol. The largest absolute Gasteiger partial charge is 0.328 e. The SMILES string of the molecule is CC.CCC1CCC(N)CC1. The zero-order valence-electron chi connectivity index (χ0n) is 8.27. The Hall–Kier alpha value is -0.0400. The van der Waals surface area contributed by atoms with Crippen molar-refractivity contribution in [2.45, 2.75) is 58.9 Å². The fraction of sp³-hybridized carbons (Fsp3) is 1.00. The van der Waals surface area contributed by atoms with Crippen LogP contribution in [0.3, 0.4) is 0 Å². The van der Waals surface area contributed by atoms with E-state index in [2.05, 4.69) is 6.92 Å². The highest BCUT2D eigenvalue weighted by molar-refractivity contribution is 4.72. The summed E-state index contributed by atoms with van der Waals surface area (Å²) in [4.78, 5) is 0. The van der Waals surface area contributed by atoms with E-state index in [0.29, 0.717) is 6.04 Å². The van der Waals surface area contributed by atoms with Crippen molar-refractivity contribution in [3.63, 3.8) is 0 Å². The first-order chi connectivity index (χ1) is 5.33. The second-order valence-corrected chi connectivity index (χ2v) is 3.19. The highest BCUT2D eigenvalue weighted by Crippen LogP contribution is 2.24. The van der Waals surface area contributed by atoms with E-state index >= 15 is 0 Å². The van der Waals surface area contributed by atoms with Crippen molar-refractivity contribution in [3.05, 3.63) is 0 Å². The third-order valence-corrected chi connectivity index (χ3v) is 2.47. The lowest BCUT2D eigenvalue weighted by molar-refractivity contribution is 0.319. The maximum Gasteiger partial charge on any atom is 0.00390 e. The molecule has 1 aliphatic carbocycles. The van der Waals surface area contributed by atoms with Crippen molar-refractivity contribution in [2.75, 3.05) is 0 Å². The molecule has 1 aliphatic rings. The minimum atomic E-state index is 0.521. The molecular weight excluding hydrogens is 134 g/mol. The van der Waals surface area contributed by atoms with Gasteiger partial charge < -0.3 is 5.73 Å². The molecule has 1 saturated carbocycles. The first kappa shape index (κ1) is 11.0. The van der Waals surface area contributed by atoms with E-state index in [4.69, 9.17) is 5.73 Å². The number of nitrogens with two attached hydrogens (primary N) is 1. The Bertz CT molecular complexity index is 72.9. The molecule has 1 fully saturated rings. The molecule has 11 heavy (non-hydrogen) atoms. The molecule has 1 nitrogen and oxygen atoms in total. The van der Waals surface area contributed by atoms with Crippen LogP contribution in [-0.2, 0) is 0 Å². The summed E-state index contributed by atoms with van der Waals surface area (Å²) >= 11 is 0. The molecule has 0 unspecified atom stereocenters. The van der Waals surface area contributed by atoms with Crippen LogP contribution in [0.4, 0.5) is 0 Å². The van der Waals surface area contributed by atoms with Crippen molar-refractivity contribution in [1.29, 1.82) is 0 Å². The van der Waals surface area contributed by atoms with E-state index < -0.39 is 0 Å². The Kier molecular flexibility index (Phi) is 6.63. The highest BCUT2D eigenvalue weighted by Gasteiger charge is 2.15. The molecule has 0 spiro atoms. The summed E-state index contributed by atoms with van der Waals surface area (Å²) in [5.41, 5.74) is 5.75. The lowest BCUT2D eigenvalue weighted by Crippen LogP contribution is -2.26. The molecule has 68 valence electrons. The van der Waals surface area contributed by atoms with Crippen LogP contribution < -0.4 is 5.73 Å². The molecule has 1 rings (SSSR count). The Morgan fingerprint density at radius 1 is 1.09 bits per heavy atom. The van der Waals surface area contributed by atoms with Crippen molar-refractivity contribution in [1.82, 2.24) is 0 Å². The van der Waals surface area contributed by atoms with Gasteiger partial charge in [-0.1, -0.05) is 27.2 Å². The molecule has 0 amide bonds. The van der Waals surface area contributed by atoms with E-state index in [9.17, 15) is 0 Å². The molecule has 1 heteroatoms. The Morgan fingerprint density at radius 2 is 1.55 bits per heavy atom. The summed E-state index contributed by atoms with van der Waals surface area (Å²) in [5.74, 6) is 0.991. The van der Waals surface area contributed by atoms with Crippen molar-refractivity contribution >= 4 is 0 Å². The van der Waals surface area contributed by atoms with Gasteiger partial charge in [-0.15, -0.1) is 0 Å². The molecular formula is C10H23N. The second-order valence-electron chi connectivity index (χ2n) is 3.19. The van der Waals surface area contributed by atoms with Crippen molar-refractivity contribution in [3.8, 4) is 0 Å². The fourth-order valence-corrected chi connectivity index (χ4v) is 1.60. The first-order valence-electron chi connectivity index (χ1n) is 5.08. The van der Waals surface area contributed by atoms with Crippen LogP contribution in [0.5, 0.6) is 0 Å². The summed E-state index contributed by atoms with van der Waals surface area (Å²) in [6.45, 7) is 6.28. The smallest absolute Gasteiger partial charge is 0.00390 e. The standard InChI is InChI=1S/C8H17N.C2H6/c1-2-7-3-5-8(9)6-4-7;1-2/h7-8H,2-6,9H2,1H3;1-2H3. The molecule has 0 atom stereocenters. The van der Waals surface area contributed by atoms with Gasteiger partial charge >= 0.3 is 0 Å². The van der Waals surface area contributed by atoms with Gasteiger partial charge in [0.05, 0.1) is 0 Å². The number of hydrogen-bond donors (Lipinski definition) is 1. The average Bonchev–Trinajstić information content (AvgIpc) is 2.10. The van der Waals surface area contributed by atoms with Gasteiger partial charge in [0.15, 0.2) is 0 Å². The van der Waals surface area contributed by atoms with Gasteiger partial charge in [-0.3, -0.25) is 0 Å². The zero-order chi connectivity index (χ0) is 8.69. The van der Waals surface area contributed by atoms with Gasteiger partial charge in [0.1, 0.15) is 0 Å². The zero-order valence-corrected chi connectivity index (χ0v) is 8.27. The van der Waals surface area contributed by atoms with Crippen LogP contribution >= 0.6 is 0 Å². The first-order valence-corrected chi connectivity index (χ1v) is 5.08. The minimum Gasteiger partial charge on any atom is -0.328 e. The molecule has 0 aromatic heterocycles. The molecule has 0 aromatic rings. The van der Waals surface area contributed by atoms with Gasteiger partial charge in [-0.2, -0.15) is 0 Å². The number of hydrogen-bond acceptors (Lipinski definition) is 1. The Morgan fingerprint density at radius 3 is 1.91 bits per heavy atom. The van der Waals surface area contributed by atoms with E-state index in [-0.39, 0.29) is 0 Å². The van der Waals surface area contributed by atoms with Crippen molar-refractivity contribution in [2.24, 2.45) is 11.7 Å². The summed E-state index contributed by atoms with van der Waals surface area (Å²) in [6.07, 6.45) is 6.62. The molecule has 0 bridgehead atoms. The predicted molar refractivity (Wildman–Crippen MR) is 51.6 cm³/mol. The maximum absolute atomic E-state index is 5.75. The molecule has 2 N–H and O–H groups in total. The van der Waals surface area contributed by atoms with Crippen LogP contribution in [0.1, 0.15) is 52.9 Å². The Balaban J connectivity index is 0.000000461. The van der Waals surface area contributed by atoms with Crippen LogP contribution in [0.25, 0.3) is 0 Å². The van der Waals surface area contributed by atoms with Crippen LogP contribution in [0.15, 0.2) is 0 Å². The third kappa shape index (κ3) is 4.41. The van der Waals surface area contributed by atoms with Gasteiger partial charge in [0, 0.05) is 6.04 Å². The molecule has 0 aliphatic heterocycles. The van der Waals surface area contributed by atoms with E-state index in [1.165, 1.54) is 32.1 Å². The summed E-state index contributed by atoms with van der Waals surface area (Å²) in [7, 11) is 0. The van der Waals surface area contributed by atoms with Crippen molar-refractivity contribution < 1.29 is 0 Å². The van der Waals surface area contributed by atoms with E-state index in [1.807, 2.05) is 13.8 Å². The third-order valence-electron chi connectivity index (χ3n) is 2.47. The molecule has 0 aromatic carbocycles. The van der Waals surface area contributed by atoms with E-state index in [0.717, 1.165) is 5.92 Å². The summed E-state index contributed by atoms with van der Waals surface area (Å²) in [6, 6.07) is 0.521. The summed E-state index contributed by atoms with van der Waals surface area (Å²) in [5, 5.41) is 0. The van der Waals surface area contributed by atoms with Gasteiger partial charge in [-0.05, 0) is 31.6 Å². The topological polar surface area (TPSA) is 26.0 Å². The minimum absolute atomic E-state index is 0.521. The quantitative estimate of drug-likeness (QED) is 0.622. The van der Waals surface area contributed by atoms with Gasteiger partial charge in [-0.25, -0.2) is 0 Å². The van der Waals surface area contributed by atoms with Crippen LogP contribution in [0, 0.1) is 5.92 Å². The van der Waals surface area contributed by atoms with Gasteiger partial charge in [0.2, 0.25) is 0 Å². The molecule has 0 saturated heterocycles. The fourth-order valence-electron chi connectivity index (χ4n) is 1.60. The predicted octanol–water partition coefficient (Wildman–Crippen LogP) is 2.94. The lowest BCUT2D eigenvalue weighted by Gasteiger charge is -2.24. The second kappa shape index (κ2) is 6.66. The lowest BCUT2D eigenvalue weighted by atomic mass is 9.85. The Labute approximate surface area is 71.4 Å².